The molecule has 0 saturated heterocycles. The summed E-state index contributed by atoms with van der Waals surface area (Å²) in [7, 11) is 3.11. The Labute approximate surface area is 158 Å². The Balaban J connectivity index is 1.79. The normalized spacial score (nSPS) is 13.5. The zero-order valence-electron chi connectivity index (χ0n) is 15.2. The topological polar surface area (TPSA) is 51.1 Å². The third-order valence-electron chi connectivity index (χ3n) is 4.14. The second kappa shape index (κ2) is 8.27. The van der Waals surface area contributed by atoms with E-state index in [0.717, 1.165) is 10.9 Å². The predicted octanol–water partition coefficient (Wildman–Crippen LogP) is 3.76. The summed E-state index contributed by atoms with van der Waals surface area (Å²) >= 11 is 1.58. The van der Waals surface area contributed by atoms with Crippen molar-refractivity contribution in [3.8, 4) is 11.5 Å². The monoisotopic (exact) mass is 370 g/mol. The molecule has 1 heterocycles. The zero-order valence-corrected chi connectivity index (χ0v) is 16.0. The average molecular weight is 370 g/mol. The minimum absolute atomic E-state index is 0.146. The molecule has 0 unspecified atom stereocenters. The number of methoxy groups -OCH3 is 2. The van der Waals surface area contributed by atoms with Crippen molar-refractivity contribution in [2.24, 2.45) is 4.99 Å². The van der Waals surface area contributed by atoms with Gasteiger partial charge in [0.2, 0.25) is 0 Å². The minimum Gasteiger partial charge on any atom is -0.496 e. The first-order chi connectivity index (χ1) is 12.6. The van der Waals surface area contributed by atoms with E-state index in [4.69, 9.17) is 9.47 Å². The van der Waals surface area contributed by atoms with E-state index in [0.29, 0.717) is 30.2 Å². The molecule has 26 heavy (non-hydrogen) atoms. The van der Waals surface area contributed by atoms with Gasteiger partial charge in [0.15, 0.2) is 5.17 Å². The molecule has 1 amide bonds. The van der Waals surface area contributed by atoms with E-state index in [1.807, 2.05) is 6.07 Å². The lowest BCUT2D eigenvalue weighted by molar-refractivity contribution is 0.0854. The number of carbonyl (C=O) groups is 1. The molecule has 0 fully saturated rings. The fourth-order valence-corrected chi connectivity index (χ4v) is 3.87. The molecule has 0 bridgehead atoms. The first kappa shape index (κ1) is 18.3. The van der Waals surface area contributed by atoms with Crippen molar-refractivity contribution in [1.29, 1.82) is 0 Å². The van der Waals surface area contributed by atoms with Crippen molar-refractivity contribution in [3.05, 3.63) is 59.2 Å². The van der Waals surface area contributed by atoms with Gasteiger partial charge in [0.25, 0.3) is 5.91 Å². The van der Waals surface area contributed by atoms with Crippen LogP contribution in [-0.2, 0) is 5.75 Å². The lowest BCUT2D eigenvalue weighted by Crippen LogP contribution is -2.33. The molecule has 0 radical (unpaired) electrons. The van der Waals surface area contributed by atoms with E-state index in [2.05, 4.69) is 30.1 Å². The number of carbonyl (C=O) groups excluding carboxylic acids is 1. The Morgan fingerprint density at radius 1 is 1.15 bits per heavy atom. The number of aliphatic imine (C=N–C) groups is 1. The Bertz CT molecular complexity index is 813. The number of ether oxygens (including phenoxy) is 2. The van der Waals surface area contributed by atoms with Gasteiger partial charge in [0.1, 0.15) is 17.1 Å². The first-order valence-corrected chi connectivity index (χ1v) is 9.38. The summed E-state index contributed by atoms with van der Waals surface area (Å²) in [4.78, 5) is 19.4. The highest BCUT2D eigenvalue weighted by Crippen LogP contribution is 2.31. The molecule has 0 atom stereocenters. The lowest BCUT2D eigenvalue weighted by atomic mass is 10.1. The molecule has 1 aliphatic rings. The number of benzene rings is 2. The summed E-state index contributed by atoms with van der Waals surface area (Å²) in [6, 6.07) is 13.7. The third-order valence-corrected chi connectivity index (χ3v) is 5.22. The summed E-state index contributed by atoms with van der Waals surface area (Å²) in [5.74, 6) is 1.63. The summed E-state index contributed by atoms with van der Waals surface area (Å²) in [6.07, 6.45) is 0. The molecule has 3 rings (SSSR count). The van der Waals surface area contributed by atoms with Crippen LogP contribution < -0.4 is 9.47 Å². The number of amidine groups is 1. The van der Waals surface area contributed by atoms with Crippen LogP contribution in [0.1, 0.15) is 21.5 Å². The Kier molecular flexibility index (Phi) is 5.83. The van der Waals surface area contributed by atoms with Gasteiger partial charge in [-0.1, -0.05) is 47.7 Å². The van der Waals surface area contributed by atoms with E-state index in [1.54, 1.807) is 49.1 Å². The molecule has 6 heteroatoms. The zero-order chi connectivity index (χ0) is 18.5. The van der Waals surface area contributed by atoms with Crippen LogP contribution in [0.2, 0.25) is 0 Å². The number of rotatable bonds is 5. The highest BCUT2D eigenvalue weighted by Gasteiger charge is 2.29. The smallest absolute Gasteiger partial charge is 0.267 e. The van der Waals surface area contributed by atoms with Gasteiger partial charge in [0.05, 0.1) is 20.8 Å². The average Bonchev–Trinajstić information content (AvgIpc) is 3.13. The number of hydrogen-bond acceptors (Lipinski definition) is 5. The molecular formula is C20H22N2O3S. The van der Waals surface area contributed by atoms with Crippen LogP contribution in [0.4, 0.5) is 0 Å². The van der Waals surface area contributed by atoms with Crippen molar-refractivity contribution < 1.29 is 14.3 Å². The van der Waals surface area contributed by atoms with Gasteiger partial charge in [0, 0.05) is 12.3 Å². The van der Waals surface area contributed by atoms with Crippen LogP contribution in [0, 0.1) is 6.92 Å². The summed E-state index contributed by atoms with van der Waals surface area (Å²) in [5, 5.41) is 0.740. The lowest BCUT2D eigenvalue weighted by Gasteiger charge is -2.20. The van der Waals surface area contributed by atoms with Gasteiger partial charge >= 0.3 is 0 Å². The van der Waals surface area contributed by atoms with Crippen LogP contribution in [0.5, 0.6) is 11.5 Å². The van der Waals surface area contributed by atoms with Crippen molar-refractivity contribution >= 4 is 22.8 Å². The summed E-state index contributed by atoms with van der Waals surface area (Å²) < 4.78 is 10.7. The Morgan fingerprint density at radius 2 is 1.85 bits per heavy atom. The van der Waals surface area contributed by atoms with Gasteiger partial charge in [-0.25, -0.2) is 0 Å². The molecular weight excluding hydrogens is 348 g/mol. The van der Waals surface area contributed by atoms with Crippen molar-refractivity contribution in [2.45, 2.75) is 12.7 Å². The van der Waals surface area contributed by atoms with Gasteiger partial charge in [-0.15, -0.1) is 0 Å². The maximum atomic E-state index is 13.2. The quantitative estimate of drug-likeness (QED) is 0.804. The fourth-order valence-electron chi connectivity index (χ4n) is 2.89. The van der Waals surface area contributed by atoms with Crippen molar-refractivity contribution in [2.75, 3.05) is 27.3 Å². The molecule has 0 aromatic heterocycles. The van der Waals surface area contributed by atoms with E-state index >= 15 is 0 Å². The Hall–Kier alpha value is -2.47. The Morgan fingerprint density at radius 3 is 2.50 bits per heavy atom. The maximum Gasteiger partial charge on any atom is 0.267 e. The van der Waals surface area contributed by atoms with Gasteiger partial charge in [-0.2, -0.15) is 0 Å². The molecule has 0 saturated carbocycles. The number of hydrogen-bond donors (Lipinski definition) is 0. The molecule has 5 nitrogen and oxygen atoms in total. The highest BCUT2D eigenvalue weighted by molar-refractivity contribution is 8.13. The molecule has 2 aromatic carbocycles. The molecule has 1 aliphatic heterocycles. The van der Waals surface area contributed by atoms with Crippen LogP contribution in [0.3, 0.4) is 0 Å². The predicted molar refractivity (Wildman–Crippen MR) is 105 cm³/mol. The second-order valence-electron chi connectivity index (χ2n) is 5.94. The first-order valence-electron chi connectivity index (χ1n) is 8.39. The molecule has 136 valence electrons. The third kappa shape index (κ3) is 3.85. The molecule has 0 N–H and O–H groups in total. The number of nitrogens with zero attached hydrogens (tertiary/aromatic N) is 2. The van der Waals surface area contributed by atoms with Crippen molar-refractivity contribution in [1.82, 2.24) is 4.90 Å². The molecule has 0 spiro atoms. The molecule has 2 aromatic rings. The van der Waals surface area contributed by atoms with Gasteiger partial charge in [-0.05, 0) is 24.6 Å². The van der Waals surface area contributed by atoms with Crippen LogP contribution in [0.15, 0.2) is 47.5 Å². The van der Waals surface area contributed by atoms with E-state index in [1.165, 1.54) is 11.1 Å². The van der Waals surface area contributed by atoms with Crippen molar-refractivity contribution in [3.63, 3.8) is 0 Å². The number of aryl methyl sites for hydroxylation is 1. The van der Waals surface area contributed by atoms with E-state index in [9.17, 15) is 4.79 Å². The number of thioether (sulfide) groups is 1. The largest absolute Gasteiger partial charge is 0.496 e. The summed E-state index contributed by atoms with van der Waals surface area (Å²) in [5.41, 5.74) is 2.87. The van der Waals surface area contributed by atoms with Crippen LogP contribution in [0.25, 0.3) is 0 Å². The van der Waals surface area contributed by atoms with Gasteiger partial charge in [-0.3, -0.25) is 14.7 Å². The standard InChI is InChI=1S/C20H22N2O3S/c1-14-6-4-7-15(12-14)13-26-20-21-10-11-22(20)19(23)18-16(24-2)8-5-9-17(18)25-3/h4-9,12H,10-11,13H2,1-3H3. The minimum atomic E-state index is -0.146. The van der Waals surface area contributed by atoms with Crippen LogP contribution in [-0.4, -0.2) is 43.3 Å². The summed E-state index contributed by atoms with van der Waals surface area (Å²) in [6.45, 7) is 3.25. The van der Waals surface area contributed by atoms with Crippen LogP contribution >= 0.6 is 11.8 Å². The number of amides is 1. The second-order valence-corrected chi connectivity index (χ2v) is 6.88. The van der Waals surface area contributed by atoms with E-state index < -0.39 is 0 Å². The SMILES string of the molecule is COc1cccc(OC)c1C(=O)N1CCN=C1SCc1cccc(C)c1. The fraction of sp³-hybridized carbons (Fsp3) is 0.300. The highest BCUT2D eigenvalue weighted by atomic mass is 32.2. The van der Waals surface area contributed by atoms with E-state index in [-0.39, 0.29) is 5.91 Å². The van der Waals surface area contributed by atoms with Gasteiger partial charge < -0.3 is 9.47 Å². The molecule has 0 aliphatic carbocycles. The maximum absolute atomic E-state index is 13.2.